The van der Waals surface area contributed by atoms with Crippen molar-refractivity contribution < 1.29 is 4.74 Å². The molecule has 0 amide bonds. The first-order valence-corrected chi connectivity index (χ1v) is 5.18. The molecule has 82 valence electrons. The van der Waals surface area contributed by atoms with Crippen molar-refractivity contribution in [3.05, 3.63) is 40.6 Å². The fourth-order valence-corrected chi connectivity index (χ4v) is 1.45. The summed E-state index contributed by atoms with van der Waals surface area (Å²) in [5.41, 5.74) is 6.49. The largest absolute Gasteiger partial charge is 0.497 e. The van der Waals surface area contributed by atoms with Gasteiger partial charge in [-0.05, 0) is 33.6 Å². The molecule has 0 heterocycles. The lowest BCUT2D eigenvalue weighted by Crippen LogP contribution is -2.25. The highest BCUT2D eigenvalue weighted by Crippen LogP contribution is 2.13. The average molecular weight is 272 g/mol. The molecular weight excluding hydrogens is 258 g/mol. The zero-order valence-corrected chi connectivity index (χ0v) is 10.1. The number of methoxy groups -OCH3 is 1. The second-order valence-electron chi connectivity index (χ2n) is 3.04. The Bertz CT molecular complexity index is 350. The zero-order valence-electron chi connectivity index (χ0n) is 8.48. The van der Waals surface area contributed by atoms with Gasteiger partial charge in [-0.2, -0.15) is 0 Å². The zero-order chi connectivity index (χ0) is 11.3. The number of ether oxygens (including phenoxy) is 1. The van der Waals surface area contributed by atoms with Gasteiger partial charge in [0.05, 0.1) is 18.3 Å². The van der Waals surface area contributed by atoms with Crippen LogP contribution in [0.3, 0.4) is 0 Å². The molecule has 4 N–H and O–H groups in total. The molecule has 15 heavy (non-hydrogen) atoms. The molecule has 1 aromatic rings. The smallest absolute Gasteiger partial charge is 0.119 e. The Morgan fingerprint density at radius 1 is 1.60 bits per heavy atom. The molecule has 0 bridgehead atoms. The van der Waals surface area contributed by atoms with Gasteiger partial charge in [-0.3, -0.25) is 0 Å². The lowest BCUT2D eigenvalue weighted by Gasteiger charge is -2.14. The highest BCUT2D eigenvalue weighted by molar-refractivity contribution is 9.11. The van der Waals surface area contributed by atoms with Gasteiger partial charge in [0, 0.05) is 6.20 Å². The maximum atomic E-state index is 5.70. The van der Waals surface area contributed by atoms with Gasteiger partial charge < -0.3 is 15.5 Å². The van der Waals surface area contributed by atoms with Gasteiger partial charge in [0.25, 0.3) is 0 Å². The van der Waals surface area contributed by atoms with Gasteiger partial charge in [0.1, 0.15) is 5.75 Å². The van der Waals surface area contributed by atoms with Gasteiger partial charge in [0.2, 0.25) is 0 Å². The van der Waals surface area contributed by atoms with E-state index >= 15 is 0 Å². The molecule has 0 aliphatic heterocycles. The number of hydrogen-bond acceptors (Lipinski definition) is 4. The Kier molecular flexibility index (Phi) is 4.45. The molecule has 0 aliphatic rings. The lowest BCUT2D eigenvalue weighted by atomic mass is 10.2. The number of halogens is 1. The van der Waals surface area contributed by atoms with Gasteiger partial charge in [0.15, 0.2) is 0 Å². The summed E-state index contributed by atoms with van der Waals surface area (Å²) in [4.78, 5) is 0. The van der Waals surface area contributed by atoms with Crippen molar-refractivity contribution in [2.24, 2.45) is 11.6 Å². The second kappa shape index (κ2) is 5.63. The van der Waals surface area contributed by atoms with E-state index in [0.29, 0.717) is 11.2 Å². The predicted octanol–water partition coefficient (Wildman–Crippen LogP) is 1.52. The number of hydrazine groups is 1. The molecule has 0 unspecified atom stereocenters. The summed E-state index contributed by atoms with van der Waals surface area (Å²) >= 11 is 3.11. The first kappa shape index (κ1) is 11.9. The molecule has 0 fully saturated rings. The van der Waals surface area contributed by atoms with E-state index in [1.807, 2.05) is 24.3 Å². The third-order valence-corrected chi connectivity index (χ3v) is 1.99. The van der Waals surface area contributed by atoms with E-state index in [1.54, 1.807) is 13.3 Å². The van der Waals surface area contributed by atoms with Crippen LogP contribution in [0.25, 0.3) is 0 Å². The van der Waals surface area contributed by atoms with Crippen molar-refractivity contribution in [1.29, 1.82) is 0 Å². The Balaban J connectivity index is 2.68. The second-order valence-corrected chi connectivity index (χ2v) is 3.95. The Morgan fingerprint density at radius 3 is 2.93 bits per heavy atom. The molecule has 1 aromatic carbocycles. The molecular formula is C10H14BrN3O. The molecule has 5 heteroatoms. The van der Waals surface area contributed by atoms with E-state index in [-0.39, 0.29) is 0 Å². The van der Waals surface area contributed by atoms with Gasteiger partial charge in [-0.1, -0.05) is 12.1 Å². The van der Waals surface area contributed by atoms with E-state index in [2.05, 4.69) is 15.9 Å². The van der Waals surface area contributed by atoms with Crippen LogP contribution in [-0.4, -0.2) is 12.1 Å². The van der Waals surface area contributed by atoms with Crippen molar-refractivity contribution in [3.8, 4) is 5.75 Å². The molecule has 0 saturated heterocycles. The minimum Gasteiger partial charge on any atom is -0.497 e. The van der Waals surface area contributed by atoms with Crippen LogP contribution in [0.5, 0.6) is 5.75 Å². The number of benzene rings is 1. The highest BCUT2D eigenvalue weighted by Gasteiger charge is 1.99. The maximum Gasteiger partial charge on any atom is 0.119 e. The normalized spacial score (nSPS) is 11.3. The topological polar surface area (TPSA) is 64.5 Å². The molecule has 0 saturated carbocycles. The van der Waals surface area contributed by atoms with Crippen LogP contribution < -0.4 is 16.3 Å². The van der Waals surface area contributed by atoms with Crippen LogP contribution in [0.1, 0.15) is 5.56 Å². The minimum absolute atomic E-state index is 0.493. The van der Waals surface area contributed by atoms with Crippen LogP contribution in [0.4, 0.5) is 0 Å². The van der Waals surface area contributed by atoms with Crippen molar-refractivity contribution in [3.63, 3.8) is 0 Å². The first-order chi connectivity index (χ1) is 7.11. The van der Waals surface area contributed by atoms with Gasteiger partial charge in [-0.15, -0.1) is 0 Å². The third kappa shape index (κ3) is 4.22. The Labute approximate surface area is 97.6 Å². The fraction of sp³-hybridized carbons (Fsp3) is 0.200. The summed E-state index contributed by atoms with van der Waals surface area (Å²) in [6.07, 6.45) is 1.61. The van der Waals surface area contributed by atoms with Crippen molar-refractivity contribution in [2.45, 2.75) is 6.54 Å². The maximum absolute atomic E-state index is 5.70. The van der Waals surface area contributed by atoms with Crippen LogP contribution in [0.15, 0.2) is 35.1 Å². The fourth-order valence-electron chi connectivity index (χ4n) is 1.19. The van der Waals surface area contributed by atoms with E-state index in [4.69, 9.17) is 16.3 Å². The number of nitrogens with zero attached hydrogens (tertiary/aromatic N) is 1. The summed E-state index contributed by atoms with van der Waals surface area (Å²) in [6, 6.07) is 7.71. The molecule has 0 radical (unpaired) electrons. The number of hydrogen-bond donors (Lipinski definition) is 2. The van der Waals surface area contributed by atoms with Gasteiger partial charge in [-0.25, -0.2) is 5.84 Å². The highest BCUT2D eigenvalue weighted by atomic mass is 79.9. The Hall–Kier alpha value is -1.20. The minimum atomic E-state index is 0.493. The monoisotopic (exact) mass is 271 g/mol. The quantitative estimate of drug-likeness (QED) is 0.495. The average Bonchev–Trinajstić information content (AvgIpc) is 2.16. The van der Waals surface area contributed by atoms with Gasteiger partial charge >= 0.3 is 0 Å². The standard InChI is InChI=1S/C10H14BrN3O/c1-15-9-4-2-3-8(5-9)6-14(13)7-10(11)12/h2-5,7H,6,12-13H2,1H3/b10-7-. The third-order valence-electron chi connectivity index (χ3n) is 1.79. The Morgan fingerprint density at radius 2 is 2.33 bits per heavy atom. The SMILES string of the molecule is COc1cccc(CN(N)/C=C(\N)Br)c1. The molecule has 0 aliphatic carbocycles. The van der Waals surface area contributed by atoms with Crippen molar-refractivity contribution in [1.82, 2.24) is 5.01 Å². The molecule has 0 aromatic heterocycles. The van der Waals surface area contributed by atoms with Crippen LogP contribution in [0, 0.1) is 0 Å². The van der Waals surface area contributed by atoms with Crippen LogP contribution >= 0.6 is 15.9 Å². The predicted molar refractivity (Wildman–Crippen MR) is 63.9 cm³/mol. The van der Waals surface area contributed by atoms with Crippen LogP contribution in [0.2, 0.25) is 0 Å². The van der Waals surface area contributed by atoms with Crippen LogP contribution in [-0.2, 0) is 6.54 Å². The first-order valence-electron chi connectivity index (χ1n) is 4.39. The summed E-state index contributed by atoms with van der Waals surface area (Å²) in [5, 5.41) is 1.50. The van der Waals surface area contributed by atoms with Crippen molar-refractivity contribution in [2.75, 3.05) is 7.11 Å². The van der Waals surface area contributed by atoms with E-state index in [0.717, 1.165) is 11.3 Å². The summed E-state index contributed by atoms with van der Waals surface area (Å²) in [5.74, 6) is 6.52. The molecule has 1 rings (SSSR count). The summed E-state index contributed by atoms with van der Waals surface area (Å²) in [7, 11) is 1.63. The molecule has 0 spiro atoms. The summed E-state index contributed by atoms with van der Waals surface area (Å²) in [6.45, 7) is 0.573. The number of nitrogens with two attached hydrogens (primary N) is 2. The molecule has 4 nitrogen and oxygen atoms in total. The summed E-state index contributed by atoms with van der Waals surface area (Å²) < 4.78 is 5.60. The lowest BCUT2D eigenvalue weighted by molar-refractivity contribution is 0.381. The molecule has 0 atom stereocenters. The number of rotatable bonds is 4. The van der Waals surface area contributed by atoms with Crippen molar-refractivity contribution >= 4 is 15.9 Å². The van der Waals surface area contributed by atoms with E-state index in [9.17, 15) is 0 Å². The van der Waals surface area contributed by atoms with E-state index < -0.39 is 0 Å². The van der Waals surface area contributed by atoms with E-state index in [1.165, 1.54) is 5.01 Å².